The van der Waals surface area contributed by atoms with Gasteiger partial charge in [0.2, 0.25) is 0 Å². The van der Waals surface area contributed by atoms with E-state index in [4.69, 9.17) is 5.84 Å². The second kappa shape index (κ2) is 4.88. The van der Waals surface area contributed by atoms with E-state index in [-0.39, 0.29) is 0 Å². The molecule has 2 atom stereocenters. The molecule has 0 aliphatic carbocycles. The van der Waals surface area contributed by atoms with Gasteiger partial charge in [0.15, 0.2) is 5.82 Å². The van der Waals surface area contributed by atoms with Crippen LogP contribution in [0.3, 0.4) is 0 Å². The highest BCUT2D eigenvalue weighted by atomic mass is 32.2. The fourth-order valence-electron chi connectivity index (χ4n) is 1.94. The Morgan fingerprint density at radius 2 is 2.06 bits per heavy atom. The second-order valence-corrected chi connectivity index (χ2v) is 5.95. The van der Waals surface area contributed by atoms with Crippen LogP contribution in [0.4, 0.5) is 11.6 Å². The Balaban J connectivity index is 2.16. The Morgan fingerprint density at radius 1 is 1.38 bits per heavy atom. The Bertz CT molecular complexity index is 349. The number of hydrogen-bond acceptors (Lipinski definition) is 6. The van der Waals surface area contributed by atoms with Crippen LogP contribution in [-0.4, -0.2) is 33.6 Å². The van der Waals surface area contributed by atoms with E-state index in [0.717, 1.165) is 18.9 Å². The van der Waals surface area contributed by atoms with Crippen molar-refractivity contribution in [3.63, 3.8) is 0 Å². The van der Waals surface area contributed by atoms with Crippen molar-refractivity contribution < 1.29 is 0 Å². The lowest BCUT2D eigenvalue weighted by Crippen LogP contribution is -2.41. The molecule has 1 saturated heterocycles. The van der Waals surface area contributed by atoms with Gasteiger partial charge in [-0.25, -0.2) is 10.8 Å². The lowest BCUT2D eigenvalue weighted by Gasteiger charge is -2.35. The Hall–Kier alpha value is -1.01. The maximum Gasteiger partial charge on any atom is 0.160 e. The van der Waals surface area contributed by atoms with E-state index in [2.05, 4.69) is 34.1 Å². The summed E-state index contributed by atoms with van der Waals surface area (Å²) in [6, 6.07) is 0. The van der Waals surface area contributed by atoms with E-state index in [1.807, 2.05) is 11.8 Å². The molecule has 16 heavy (non-hydrogen) atoms. The first-order valence-corrected chi connectivity index (χ1v) is 6.32. The number of hydrogen-bond donors (Lipinski definition) is 2. The molecule has 2 rings (SSSR count). The van der Waals surface area contributed by atoms with Gasteiger partial charge in [-0.2, -0.15) is 11.8 Å². The second-order valence-electron chi connectivity index (χ2n) is 4.07. The molecule has 1 aliphatic heterocycles. The summed E-state index contributed by atoms with van der Waals surface area (Å²) in [6.45, 7) is 6.51. The third-order valence-corrected chi connectivity index (χ3v) is 3.74. The number of aromatic nitrogens is 2. The fraction of sp³-hybridized carbons (Fsp3) is 0.600. The van der Waals surface area contributed by atoms with Crippen LogP contribution in [-0.2, 0) is 0 Å². The van der Waals surface area contributed by atoms with Crippen molar-refractivity contribution in [2.45, 2.75) is 24.3 Å². The molecule has 1 aromatic heterocycles. The molecule has 3 N–H and O–H groups in total. The standard InChI is InChI=1S/C10H17N5S/c1-7-5-15(6-8(2)16-7)10-4-12-3-9(13-10)14-11/h3-4,7-8H,5-6,11H2,1-2H3,(H,13,14). The van der Waals surface area contributed by atoms with Gasteiger partial charge in [0.05, 0.1) is 12.4 Å². The van der Waals surface area contributed by atoms with Gasteiger partial charge in [-0.1, -0.05) is 13.8 Å². The van der Waals surface area contributed by atoms with E-state index in [9.17, 15) is 0 Å². The summed E-state index contributed by atoms with van der Waals surface area (Å²) in [5, 5.41) is 1.25. The van der Waals surface area contributed by atoms with Crippen LogP contribution in [0, 0.1) is 0 Å². The molecule has 6 heteroatoms. The van der Waals surface area contributed by atoms with E-state index < -0.39 is 0 Å². The summed E-state index contributed by atoms with van der Waals surface area (Å²) in [5.41, 5.74) is 2.52. The number of nitrogens with one attached hydrogen (secondary N) is 1. The van der Waals surface area contributed by atoms with Gasteiger partial charge < -0.3 is 10.3 Å². The summed E-state index contributed by atoms with van der Waals surface area (Å²) < 4.78 is 0. The SMILES string of the molecule is CC1CN(c2cncc(NN)n2)CC(C)S1. The van der Waals surface area contributed by atoms with E-state index in [1.54, 1.807) is 12.4 Å². The predicted molar refractivity (Wildman–Crippen MR) is 68.6 cm³/mol. The number of nitrogens with zero attached hydrogens (tertiary/aromatic N) is 3. The van der Waals surface area contributed by atoms with Crippen molar-refractivity contribution in [3.05, 3.63) is 12.4 Å². The van der Waals surface area contributed by atoms with Crippen molar-refractivity contribution >= 4 is 23.4 Å². The molecule has 2 heterocycles. The van der Waals surface area contributed by atoms with Crippen LogP contribution in [0.5, 0.6) is 0 Å². The van der Waals surface area contributed by atoms with Gasteiger partial charge in [0.25, 0.3) is 0 Å². The lowest BCUT2D eigenvalue weighted by atomic mass is 10.3. The number of rotatable bonds is 2. The highest BCUT2D eigenvalue weighted by molar-refractivity contribution is 8.00. The highest BCUT2D eigenvalue weighted by Crippen LogP contribution is 2.27. The van der Waals surface area contributed by atoms with E-state index in [0.29, 0.717) is 16.3 Å². The van der Waals surface area contributed by atoms with Crippen molar-refractivity contribution in [3.8, 4) is 0 Å². The van der Waals surface area contributed by atoms with Gasteiger partial charge in [-0.3, -0.25) is 4.98 Å². The zero-order valence-corrected chi connectivity index (χ0v) is 10.4. The summed E-state index contributed by atoms with van der Waals surface area (Å²) >= 11 is 2.02. The molecule has 2 unspecified atom stereocenters. The van der Waals surface area contributed by atoms with Gasteiger partial charge >= 0.3 is 0 Å². The Kier molecular flexibility index (Phi) is 3.50. The first-order valence-electron chi connectivity index (χ1n) is 5.38. The molecule has 0 radical (unpaired) electrons. The number of nitrogens with two attached hydrogens (primary N) is 1. The summed E-state index contributed by atoms with van der Waals surface area (Å²) in [7, 11) is 0. The average Bonchev–Trinajstić information content (AvgIpc) is 2.28. The first kappa shape index (κ1) is 11.5. The maximum atomic E-state index is 5.33. The molecular weight excluding hydrogens is 222 g/mol. The quantitative estimate of drug-likeness (QED) is 0.595. The van der Waals surface area contributed by atoms with Crippen LogP contribution >= 0.6 is 11.8 Å². The van der Waals surface area contributed by atoms with Crippen molar-refractivity contribution in [1.82, 2.24) is 9.97 Å². The van der Waals surface area contributed by atoms with Crippen molar-refractivity contribution in [1.29, 1.82) is 0 Å². The molecule has 0 spiro atoms. The highest BCUT2D eigenvalue weighted by Gasteiger charge is 2.23. The molecule has 0 bridgehead atoms. The fourth-order valence-corrected chi connectivity index (χ4v) is 3.27. The smallest absolute Gasteiger partial charge is 0.160 e. The zero-order valence-electron chi connectivity index (χ0n) is 9.55. The molecule has 1 aliphatic rings. The topological polar surface area (TPSA) is 67.1 Å². The van der Waals surface area contributed by atoms with Crippen LogP contribution < -0.4 is 16.2 Å². The third-order valence-electron chi connectivity index (χ3n) is 2.51. The van der Waals surface area contributed by atoms with Crippen LogP contribution in [0.25, 0.3) is 0 Å². The number of nitrogen functional groups attached to an aromatic ring is 1. The minimum atomic E-state index is 0.607. The largest absolute Gasteiger partial charge is 0.353 e. The molecule has 1 aromatic rings. The average molecular weight is 239 g/mol. The monoisotopic (exact) mass is 239 g/mol. The number of anilines is 2. The number of hydrazine groups is 1. The third kappa shape index (κ3) is 2.56. The summed E-state index contributed by atoms with van der Waals surface area (Å²) in [6.07, 6.45) is 3.41. The summed E-state index contributed by atoms with van der Waals surface area (Å²) in [5.74, 6) is 6.83. The van der Waals surface area contributed by atoms with Crippen molar-refractivity contribution in [2.75, 3.05) is 23.4 Å². The first-order chi connectivity index (χ1) is 7.69. The normalized spacial score (nSPS) is 25.6. The Labute approximate surface area is 99.8 Å². The van der Waals surface area contributed by atoms with Crippen LogP contribution in [0.1, 0.15) is 13.8 Å². The van der Waals surface area contributed by atoms with Gasteiger partial charge in [-0.15, -0.1) is 0 Å². The minimum absolute atomic E-state index is 0.607. The lowest BCUT2D eigenvalue weighted by molar-refractivity contribution is 0.717. The molecule has 0 amide bonds. The van der Waals surface area contributed by atoms with Crippen molar-refractivity contribution in [2.24, 2.45) is 5.84 Å². The zero-order chi connectivity index (χ0) is 11.5. The molecule has 1 fully saturated rings. The maximum absolute atomic E-state index is 5.33. The van der Waals surface area contributed by atoms with E-state index >= 15 is 0 Å². The van der Waals surface area contributed by atoms with Crippen LogP contribution in [0.15, 0.2) is 12.4 Å². The molecule has 88 valence electrons. The Morgan fingerprint density at radius 3 is 2.69 bits per heavy atom. The summed E-state index contributed by atoms with van der Waals surface area (Å²) in [4.78, 5) is 10.8. The molecule has 5 nitrogen and oxygen atoms in total. The molecule has 0 aromatic carbocycles. The minimum Gasteiger partial charge on any atom is -0.353 e. The van der Waals surface area contributed by atoms with Gasteiger partial charge in [-0.05, 0) is 0 Å². The van der Waals surface area contributed by atoms with Gasteiger partial charge in [0.1, 0.15) is 5.82 Å². The molecule has 0 saturated carbocycles. The van der Waals surface area contributed by atoms with E-state index in [1.165, 1.54) is 0 Å². The van der Waals surface area contributed by atoms with Gasteiger partial charge in [0, 0.05) is 23.6 Å². The number of thioether (sulfide) groups is 1. The molecular formula is C10H17N5S. The van der Waals surface area contributed by atoms with Crippen LogP contribution in [0.2, 0.25) is 0 Å². The predicted octanol–water partition coefficient (Wildman–Crippen LogP) is 1.09.